The molecule has 2 aromatic carbocycles. The van der Waals surface area contributed by atoms with Gasteiger partial charge in [0.1, 0.15) is 0 Å². The molecule has 0 heterocycles. The molecule has 0 spiro atoms. The Morgan fingerprint density at radius 3 is 2.13 bits per heavy atom. The summed E-state index contributed by atoms with van der Waals surface area (Å²) < 4.78 is 26.4. The highest BCUT2D eigenvalue weighted by molar-refractivity contribution is 7.89. The number of anilines is 2. The maximum atomic E-state index is 12.5. The Balaban J connectivity index is 2.02. The first-order valence-corrected chi connectivity index (χ1v) is 11.5. The monoisotopic (exact) mass is 444 g/mol. The third-order valence-corrected chi connectivity index (χ3v) is 6.44. The zero-order valence-electron chi connectivity index (χ0n) is 17.9. The normalized spacial score (nSPS) is 11.5. The van der Waals surface area contributed by atoms with Crippen LogP contribution in [0.25, 0.3) is 6.08 Å². The molecule has 0 aliphatic heterocycles. The van der Waals surface area contributed by atoms with E-state index >= 15 is 0 Å². The van der Waals surface area contributed by atoms with Crippen LogP contribution in [-0.4, -0.2) is 44.3 Å². The number of hydrogen-bond donors (Lipinski definition) is 3. The number of hydrogen-bond acceptors (Lipinski definition) is 4. The van der Waals surface area contributed by atoms with E-state index in [0.717, 1.165) is 0 Å². The van der Waals surface area contributed by atoms with Crippen molar-refractivity contribution in [1.82, 2.24) is 9.62 Å². The number of nitrogens with zero attached hydrogens (tertiary/aromatic N) is 1. The van der Waals surface area contributed by atoms with E-state index in [1.807, 2.05) is 6.92 Å². The lowest BCUT2D eigenvalue weighted by Crippen LogP contribution is -2.30. The lowest BCUT2D eigenvalue weighted by Gasteiger charge is -2.18. The highest BCUT2D eigenvalue weighted by atomic mass is 32.2. The molecule has 0 saturated heterocycles. The van der Waals surface area contributed by atoms with Gasteiger partial charge in [-0.15, -0.1) is 0 Å². The zero-order chi connectivity index (χ0) is 22.9. The van der Waals surface area contributed by atoms with E-state index in [9.17, 15) is 18.0 Å². The highest BCUT2D eigenvalue weighted by Crippen LogP contribution is 2.17. The van der Waals surface area contributed by atoms with Crippen molar-refractivity contribution in [3.05, 3.63) is 60.2 Å². The largest absolute Gasteiger partial charge is 0.338 e. The minimum atomic E-state index is -3.51. The van der Waals surface area contributed by atoms with Crippen molar-refractivity contribution >= 4 is 39.4 Å². The molecule has 0 bridgehead atoms. The fourth-order valence-corrected chi connectivity index (χ4v) is 4.29. The van der Waals surface area contributed by atoms with Crippen LogP contribution >= 0.6 is 0 Å². The predicted octanol–water partition coefficient (Wildman–Crippen LogP) is 3.51. The molecule has 0 atom stereocenters. The number of carbonyl (C=O) groups is 2. The summed E-state index contributed by atoms with van der Waals surface area (Å²) in [5, 5.41) is 8.03. The van der Waals surface area contributed by atoms with Crippen molar-refractivity contribution in [3.63, 3.8) is 0 Å². The molecule has 3 N–H and O–H groups in total. The molecule has 9 heteroatoms. The van der Waals surface area contributed by atoms with Crippen molar-refractivity contribution in [2.75, 3.05) is 30.3 Å². The van der Waals surface area contributed by atoms with Gasteiger partial charge >= 0.3 is 6.03 Å². The van der Waals surface area contributed by atoms with Gasteiger partial charge in [-0.3, -0.25) is 4.79 Å². The Kier molecular flexibility index (Phi) is 8.77. The number of amides is 3. The number of urea groups is 1. The molecule has 3 amide bonds. The first-order valence-electron chi connectivity index (χ1n) is 10.0. The van der Waals surface area contributed by atoms with Gasteiger partial charge in [0.15, 0.2) is 0 Å². The van der Waals surface area contributed by atoms with E-state index in [4.69, 9.17) is 0 Å². The molecule has 0 fully saturated rings. The van der Waals surface area contributed by atoms with Crippen LogP contribution in [0.2, 0.25) is 0 Å². The second-order valence-corrected chi connectivity index (χ2v) is 8.48. The van der Waals surface area contributed by atoms with Crippen LogP contribution in [0.1, 0.15) is 26.3 Å². The molecular formula is C22H28N4O4S. The molecule has 0 aliphatic carbocycles. The average molecular weight is 445 g/mol. The minimum absolute atomic E-state index is 0.217. The van der Waals surface area contributed by atoms with Crippen molar-refractivity contribution in [3.8, 4) is 0 Å². The zero-order valence-corrected chi connectivity index (χ0v) is 18.7. The molecule has 2 aromatic rings. The van der Waals surface area contributed by atoms with E-state index in [-0.39, 0.29) is 16.8 Å². The van der Waals surface area contributed by atoms with Crippen LogP contribution in [0.3, 0.4) is 0 Å². The van der Waals surface area contributed by atoms with Gasteiger partial charge in [0.25, 0.3) is 0 Å². The van der Waals surface area contributed by atoms with Gasteiger partial charge in [0.05, 0.1) is 4.90 Å². The van der Waals surface area contributed by atoms with Gasteiger partial charge in [-0.1, -0.05) is 32.0 Å². The Bertz CT molecular complexity index is 1030. The van der Waals surface area contributed by atoms with Gasteiger partial charge in [-0.05, 0) is 48.9 Å². The van der Waals surface area contributed by atoms with Crippen LogP contribution in [0, 0.1) is 0 Å². The van der Waals surface area contributed by atoms with Gasteiger partial charge in [-0.25, -0.2) is 13.2 Å². The molecular weight excluding hydrogens is 416 g/mol. The molecule has 2 rings (SSSR count). The van der Waals surface area contributed by atoms with Crippen molar-refractivity contribution in [2.24, 2.45) is 0 Å². The second kappa shape index (κ2) is 11.3. The van der Waals surface area contributed by atoms with Gasteiger partial charge in [0.2, 0.25) is 15.9 Å². The average Bonchev–Trinajstić information content (AvgIpc) is 2.73. The third-order valence-electron chi connectivity index (χ3n) is 4.38. The van der Waals surface area contributed by atoms with E-state index in [1.165, 1.54) is 22.5 Å². The van der Waals surface area contributed by atoms with Gasteiger partial charge in [-0.2, -0.15) is 4.31 Å². The molecule has 0 aliphatic rings. The summed E-state index contributed by atoms with van der Waals surface area (Å²) in [5.74, 6) is -0.352. The summed E-state index contributed by atoms with van der Waals surface area (Å²) in [7, 11) is -3.51. The smallest absolute Gasteiger partial charge is 0.319 e. The molecule has 31 heavy (non-hydrogen) atoms. The highest BCUT2D eigenvalue weighted by Gasteiger charge is 2.20. The van der Waals surface area contributed by atoms with Crippen LogP contribution in [0.5, 0.6) is 0 Å². The minimum Gasteiger partial charge on any atom is -0.338 e. The van der Waals surface area contributed by atoms with Crippen molar-refractivity contribution in [2.45, 2.75) is 25.7 Å². The van der Waals surface area contributed by atoms with Crippen LogP contribution in [0.4, 0.5) is 16.2 Å². The quantitative estimate of drug-likeness (QED) is 0.514. The summed E-state index contributed by atoms with van der Waals surface area (Å²) in [5.41, 5.74) is 1.78. The van der Waals surface area contributed by atoms with E-state index < -0.39 is 10.0 Å². The Labute approximate surface area is 183 Å². The maximum Gasteiger partial charge on any atom is 0.319 e. The van der Waals surface area contributed by atoms with E-state index in [2.05, 4.69) is 16.0 Å². The van der Waals surface area contributed by atoms with Crippen LogP contribution < -0.4 is 16.0 Å². The topological polar surface area (TPSA) is 108 Å². The molecule has 0 radical (unpaired) electrons. The fraction of sp³-hybridized carbons (Fsp3) is 0.273. The number of carbonyl (C=O) groups excluding carboxylic acids is 2. The predicted molar refractivity (Wildman–Crippen MR) is 123 cm³/mol. The lowest BCUT2D eigenvalue weighted by molar-refractivity contribution is -0.111. The summed E-state index contributed by atoms with van der Waals surface area (Å²) in [6.07, 6.45) is 2.96. The SMILES string of the molecule is CCNC(=O)Nc1cccc(NC(=O)/C=C/c2ccc(S(=O)(=O)N(CC)CC)cc2)c1. The third kappa shape index (κ3) is 6.94. The van der Waals surface area contributed by atoms with Crippen molar-refractivity contribution in [1.29, 1.82) is 0 Å². The summed E-state index contributed by atoms with van der Waals surface area (Å²) in [6, 6.07) is 12.8. The Morgan fingerprint density at radius 1 is 0.935 bits per heavy atom. The second-order valence-electron chi connectivity index (χ2n) is 6.55. The maximum absolute atomic E-state index is 12.5. The molecule has 0 saturated carbocycles. The fourth-order valence-electron chi connectivity index (χ4n) is 2.83. The lowest BCUT2D eigenvalue weighted by atomic mass is 10.2. The van der Waals surface area contributed by atoms with E-state index in [1.54, 1.807) is 56.3 Å². The van der Waals surface area contributed by atoms with Crippen LogP contribution in [-0.2, 0) is 14.8 Å². The van der Waals surface area contributed by atoms with E-state index in [0.29, 0.717) is 36.6 Å². The Morgan fingerprint density at radius 2 is 1.55 bits per heavy atom. The number of sulfonamides is 1. The molecule has 0 aromatic heterocycles. The molecule has 8 nitrogen and oxygen atoms in total. The number of rotatable bonds is 9. The van der Waals surface area contributed by atoms with Crippen LogP contribution in [0.15, 0.2) is 59.5 Å². The molecule has 166 valence electrons. The Hall–Kier alpha value is -3.17. The summed E-state index contributed by atoms with van der Waals surface area (Å²) in [4.78, 5) is 24.0. The first kappa shape index (κ1) is 24.1. The molecule has 0 unspecified atom stereocenters. The standard InChI is InChI=1S/C22H28N4O4S/c1-4-23-22(28)25-19-9-7-8-18(16-19)24-21(27)15-12-17-10-13-20(14-11-17)31(29,30)26(5-2)6-3/h7-16H,4-6H2,1-3H3,(H,24,27)(H2,23,25,28)/b15-12+. The summed E-state index contributed by atoms with van der Waals surface area (Å²) >= 11 is 0. The number of benzene rings is 2. The van der Waals surface area contributed by atoms with Gasteiger partial charge in [0, 0.05) is 37.1 Å². The first-order chi connectivity index (χ1) is 14.8. The number of nitrogens with one attached hydrogen (secondary N) is 3. The van der Waals surface area contributed by atoms with Gasteiger partial charge < -0.3 is 16.0 Å². The summed E-state index contributed by atoms with van der Waals surface area (Å²) in [6.45, 7) is 6.72. The van der Waals surface area contributed by atoms with Crippen molar-refractivity contribution < 1.29 is 18.0 Å².